The van der Waals surface area contributed by atoms with Crippen molar-refractivity contribution in [2.45, 2.75) is 25.5 Å². The molecule has 0 bridgehead atoms. The van der Waals surface area contributed by atoms with Gasteiger partial charge < -0.3 is 5.11 Å². The van der Waals surface area contributed by atoms with E-state index in [9.17, 15) is 9.90 Å². The predicted molar refractivity (Wildman–Crippen MR) is 84.0 cm³/mol. The van der Waals surface area contributed by atoms with E-state index in [1.165, 1.54) is 11.3 Å². The minimum Gasteiger partial charge on any atom is -0.392 e. The Bertz CT molecular complexity index is 655. The zero-order valence-electron chi connectivity index (χ0n) is 11.7. The third kappa shape index (κ3) is 2.94. The summed E-state index contributed by atoms with van der Waals surface area (Å²) >= 11 is 1.46. The number of carbonyl (C=O) groups is 1. The van der Waals surface area contributed by atoms with E-state index in [1.54, 1.807) is 0 Å². The molecular formula is C15H19N3O2S. The fourth-order valence-electron chi connectivity index (χ4n) is 2.90. The average Bonchev–Trinajstić information content (AvgIpc) is 2.85. The first kappa shape index (κ1) is 14.5. The molecule has 1 aromatic heterocycles. The van der Waals surface area contributed by atoms with Gasteiger partial charge in [-0.15, -0.1) is 11.3 Å². The normalized spacial score (nSPS) is 19.8. The summed E-state index contributed by atoms with van der Waals surface area (Å²) in [5.74, 6) is 5.06. The Morgan fingerprint density at radius 1 is 1.48 bits per heavy atom. The van der Waals surface area contributed by atoms with E-state index >= 15 is 0 Å². The molecule has 6 heteroatoms. The van der Waals surface area contributed by atoms with Crippen molar-refractivity contribution in [3.63, 3.8) is 0 Å². The predicted octanol–water partition coefficient (Wildman–Crippen LogP) is 1.46. The summed E-state index contributed by atoms with van der Waals surface area (Å²) in [5.41, 5.74) is 3.24. The maximum Gasteiger partial charge on any atom is 0.275 e. The molecule has 1 atom stereocenters. The Labute approximate surface area is 127 Å². The number of rotatable bonds is 3. The fraction of sp³-hybridized carbons (Fsp3) is 0.400. The van der Waals surface area contributed by atoms with E-state index in [0.29, 0.717) is 18.0 Å². The summed E-state index contributed by atoms with van der Waals surface area (Å²) in [6.07, 6.45) is 1.58. The molecule has 0 aliphatic carbocycles. The van der Waals surface area contributed by atoms with Crippen LogP contribution >= 0.6 is 11.3 Å². The standard InChI is InChI=1S/C15H19N3O2S/c16-17-15(20)14-12(9-18-7-3-4-10(19)8-18)11-5-1-2-6-13(11)21-14/h1-2,5-6,10,19H,3-4,7-9,16H2,(H,17,20). The van der Waals surface area contributed by atoms with Crippen molar-refractivity contribution in [3.05, 3.63) is 34.7 Å². The summed E-state index contributed by atoms with van der Waals surface area (Å²) in [4.78, 5) is 14.9. The summed E-state index contributed by atoms with van der Waals surface area (Å²) in [6.45, 7) is 2.28. The van der Waals surface area contributed by atoms with Gasteiger partial charge in [0.1, 0.15) is 0 Å². The third-order valence-electron chi connectivity index (χ3n) is 3.90. The van der Waals surface area contributed by atoms with Crippen molar-refractivity contribution in [1.29, 1.82) is 0 Å². The van der Waals surface area contributed by atoms with Gasteiger partial charge in [-0.3, -0.25) is 15.1 Å². The van der Waals surface area contributed by atoms with E-state index in [1.807, 2.05) is 24.3 Å². The highest BCUT2D eigenvalue weighted by molar-refractivity contribution is 7.21. The molecule has 0 saturated carbocycles. The number of hydrazine groups is 1. The van der Waals surface area contributed by atoms with Crippen LogP contribution in [0.25, 0.3) is 10.1 Å². The Morgan fingerprint density at radius 3 is 3.05 bits per heavy atom. The van der Waals surface area contributed by atoms with Crippen molar-refractivity contribution in [1.82, 2.24) is 10.3 Å². The number of nitrogens with one attached hydrogen (secondary N) is 1. The third-order valence-corrected chi connectivity index (χ3v) is 5.11. The van der Waals surface area contributed by atoms with Crippen LogP contribution in [0.2, 0.25) is 0 Å². The fourth-order valence-corrected chi connectivity index (χ4v) is 4.02. The van der Waals surface area contributed by atoms with Crippen LogP contribution < -0.4 is 11.3 Å². The average molecular weight is 305 g/mol. The topological polar surface area (TPSA) is 78.6 Å². The van der Waals surface area contributed by atoms with Crippen LogP contribution in [0, 0.1) is 0 Å². The molecule has 1 aliphatic heterocycles. The molecule has 1 amide bonds. The maximum atomic E-state index is 12.0. The molecule has 4 N–H and O–H groups in total. The van der Waals surface area contributed by atoms with Crippen molar-refractivity contribution < 1.29 is 9.90 Å². The number of amides is 1. The first-order chi connectivity index (χ1) is 10.2. The zero-order valence-corrected chi connectivity index (χ0v) is 12.5. The zero-order chi connectivity index (χ0) is 14.8. The molecule has 1 aromatic carbocycles. The van der Waals surface area contributed by atoms with Gasteiger partial charge >= 0.3 is 0 Å². The van der Waals surface area contributed by atoms with Crippen LogP contribution in [0.5, 0.6) is 0 Å². The first-order valence-corrected chi connectivity index (χ1v) is 7.92. The number of β-amino-alcohol motifs (C(OH)–C–C–N with tert-alkyl or cyclic N) is 1. The number of nitrogen functional groups attached to an aromatic ring is 1. The number of benzene rings is 1. The molecule has 1 fully saturated rings. The minimum atomic E-state index is -0.268. The Balaban J connectivity index is 1.96. The lowest BCUT2D eigenvalue weighted by Crippen LogP contribution is -2.38. The van der Waals surface area contributed by atoms with Crippen molar-refractivity contribution in [3.8, 4) is 0 Å². The van der Waals surface area contributed by atoms with Gasteiger partial charge in [0, 0.05) is 17.8 Å². The van der Waals surface area contributed by atoms with Crippen molar-refractivity contribution in [2.75, 3.05) is 13.1 Å². The van der Waals surface area contributed by atoms with Crippen LogP contribution in [-0.4, -0.2) is 35.1 Å². The highest BCUT2D eigenvalue weighted by atomic mass is 32.1. The summed E-state index contributed by atoms with van der Waals surface area (Å²) in [5, 5.41) is 10.9. The number of aliphatic hydroxyl groups excluding tert-OH is 1. The molecule has 0 spiro atoms. The van der Waals surface area contributed by atoms with Crippen LogP contribution in [0.4, 0.5) is 0 Å². The summed E-state index contributed by atoms with van der Waals surface area (Å²) in [6, 6.07) is 8.00. The summed E-state index contributed by atoms with van der Waals surface area (Å²) in [7, 11) is 0. The largest absolute Gasteiger partial charge is 0.392 e. The molecule has 1 unspecified atom stereocenters. The van der Waals surface area contributed by atoms with Gasteiger partial charge in [0.15, 0.2) is 0 Å². The number of nitrogens with two attached hydrogens (primary N) is 1. The minimum absolute atomic E-state index is 0.247. The molecular weight excluding hydrogens is 286 g/mol. The van der Waals surface area contributed by atoms with Crippen molar-refractivity contribution in [2.24, 2.45) is 5.84 Å². The van der Waals surface area contributed by atoms with E-state index in [2.05, 4.69) is 10.3 Å². The molecule has 112 valence electrons. The SMILES string of the molecule is NNC(=O)c1sc2ccccc2c1CN1CCCC(O)C1. The molecule has 1 aliphatic rings. The van der Waals surface area contributed by atoms with Crippen LogP contribution in [0.3, 0.4) is 0 Å². The first-order valence-electron chi connectivity index (χ1n) is 7.11. The highest BCUT2D eigenvalue weighted by Crippen LogP contribution is 2.32. The number of thiophene rings is 1. The highest BCUT2D eigenvalue weighted by Gasteiger charge is 2.23. The van der Waals surface area contributed by atoms with Gasteiger partial charge in [-0.05, 0) is 36.4 Å². The second kappa shape index (κ2) is 6.11. The number of piperidine rings is 1. The lowest BCUT2D eigenvalue weighted by atomic mass is 10.1. The van der Waals surface area contributed by atoms with Gasteiger partial charge in [-0.1, -0.05) is 18.2 Å². The second-order valence-corrected chi connectivity index (χ2v) is 6.46. The van der Waals surface area contributed by atoms with E-state index in [4.69, 9.17) is 5.84 Å². The Morgan fingerprint density at radius 2 is 2.29 bits per heavy atom. The summed E-state index contributed by atoms with van der Waals surface area (Å²) < 4.78 is 1.09. The number of hydrogen-bond acceptors (Lipinski definition) is 5. The number of hydrogen-bond donors (Lipinski definition) is 3. The van der Waals surface area contributed by atoms with Gasteiger partial charge in [-0.25, -0.2) is 5.84 Å². The Hall–Kier alpha value is -1.47. The molecule has 1 saturated heterocycles. The van der Waals surface area contributed by atoms with E-state index < -0.39 is 0 Å². The van der Waals surface area contributed by atoms with Crippen LogP contribution in [0.1, 0.15) is 28.1 Å². The quantitative estimate of drug-likeness (QED) is 0.456. The number of carbonyl (C=O) groups excluding carboxylic acids is 1. The molecule has 3 rings (SSSR count). The lowest BCUT2D eigenvalue weighted by molar-refractivity contribution is 0.0669. The maximum absolute atomic E-state index is 12.0. The van der Waals surface area contributed by atoms with Gasteiger partial charge in [-0.2, -0.15) is 0 Å². The molecule has 2 heterocycles. The van der Waals surface area contributed by atoms with Crippen LogP contribution in [-0.2, 0) is 6.54 Å². The molecule has 2 aromatic rings. The van der Waals surface area contributed by atoms with Gasteiger partial charge in [0.25, 0.3) is 5.91 Å². The van der Waals surface area contributed by atoms with Crippen LogP contribution in [0.15, 0.2) is 24.3 Å². The smallest absolute Gasteiger partial charge is 0.275 e. The monoisotopic (exact) mass is 305 g/mol. The molecule has 21 heavy (non-hydrogen) atoms. The Kier molecular flexibility index (Phi) is 4.21. The van der Waals surface area contributed by atoms with E-state index in [-0.39, 0.29) is 12.0 Å². The molecule has 5 nitrogen and oxygen atoms in total. The van der Waals surface area contributed by atoms with Crippen molar-refractivity contribution >= 4 is 27.3 Å². The molecule has 0 radical (unpaired) electrons. The van der Waals surface area contributed by atoms with Gasteiger partial charge in [0.05, 0.1) is 11.0 Å². The second-order valence-electron chi connectivity index (χ2n) is 5.41. The van der Waals surface area contributed by atoms with E-state index in [0.717, 1.165) is 35.0 Å². The van der Waals surface area contributed by atoms with Gasteiger partial charge in [0.2, 0.25) is 0 Å². The number of fused-ring (bicyclic) bond motifs is 1. The number of nitrogens with zero attached hydrogens (tertiary/aromatic N) is 1. The number of aliphatic hydroxyl groups is 1. The number of likely N-dealkylation sites (tertiary alicyclic amines) is 1. The lowest BCUT2D eigenvalue weighted by Gasteiger charge is -2.30.